The Hall–Kier alpha value is -0.900. The number of hydrogen-bond acceptors (Lipinski definition) is 3. The smallest absolute Gasteiger partial charge is 0.162 e. The van der Waals surface area contributed by atoms with Crippen LogP contribution in [0.4, 0.5) is 0 Å². The highest BCUT2D eigenvalue weighted by atomic mass is 16.7. The van der Waals surface area contributed by atoms with Gasteiger partial charge < -0.3 is 14.8 Å². The van der Waals surface area contributed by atoms with E-state index in [1.807, 2.05) is 13.8 Å². The zero-order valence-corrected chi connectivity index (χ0v) is 12.2. The molecule has 3 nitrogen and oxygen atoms in total. The zero-order valence-electron chi connectivity index (χ0n) is 12.2. The minimum Gasteiger partial charge on any atom is -0.349 e. The summed E-state index contributed by atoms with van der Waals surface area (Å²) in [5.41, 5.74) is 1.40. The third-order valence-corrected chi connectivity index (χ3v) is 3.64. The number of nitrogens with one attached hydrogen (secondary N) is 1. The van der Waals surface area contributed by atoms with Crippen LogP contribution >= 0.6 is 0 Å². The quantitative estimate of drug-likeness (QED) is 0.886. The van der Waals surface area contributed by atoms with Crippen LogP contribution in [-0.4, -0.2) is 31.6 Å². The lowest BCUT2D eigenvalue weighted by Gasteiger charge is -2.35. The van der Waals surface area contributed by atoms with Crippen LogP contribution in [0.15, 0.2) is 30.3 Å². The van der Waals surface area contributed by atoms with Crippen molar-refractivity contribution in [2.75, 3.05) is 19.8 Å². The normalized spacial score (nSPS) is 21.2. The first-order valence-corrected chi connectivity index (χ1v) is 7.13. The molecule has 19 heavy (non-hydrogen) atoms. The van der Waals surface area contributed by atoms with Gasteiger partial charge in [0, 0.05) is 0 Å². The summed E-state index contributed by atoms with van der Waals surface area (Å²) in [6, 6.07) is 11.0. The van der Waals surface area contributed by atoms with Crippen molar-refractivity contribution in [3.8, 4) is 0 Å². The molecule has 1 fully saturated rings. The van der Waals surface area contributed by atoms with Crippen molar-refractivity contribution in [1.29, 1.82) is 0 Å². The summed E-state index contributed by atoms with van der Waals surface area (Å²) in [6.07, 6.45) is 1.13. The summed E-state index contributed by atoms with van der Waals surface area (Å²) < 4.78 is 11.3. The minimum atomic E-state index is -0.421. The van der Waals surface area contributed by atoms with Gasteiger partial charge in [0.05, 0.1) is 19.3 Å². The van der Waals surface area contributed by atoms with E-state index in [1.54, 1.807) is 0 Å². The predicted molar refractivity (Wildman–Crippen MR) is 77.2 cm³/mol. The topological polar surface area (TPSA) is 30.5 Å². The van der Waals surface area contributed by atoms with Gasteiger partial charge in [0.25, 0.3) is 0 Å². The van der Waals surface area contributed by atoms with Gasteiger partial charge in [-0.1, -0.05) is 37.3 Å². The molecule has 0 bridgehead atoms. The molecule has 1 aromatic carbocycles. The Morgan fingerprint density at radius 1 is 1.21 bits per heavy atom. The van der Waals surface area contributed by atoms with E-state index in [2.05, 4.69) is 42.6 Å². The lowest BCUT2D eigenvalue weighted by atomic mass is 9.98. The average molecular weight is 263 g/mol. The van der Waals surface area contributed by atoms with Gasteiger partial charge in [-0.05, 0) is 38.3 Å². The van der Waals surface area contributed by atoms with Crippen LogP contribution in [0.25, 0.3) is 0 Å². The monoisotopic (exact) mass is 263 g/mol. The molecule has 0 radical (unpaired) electrons. The van der Waals surface area contributed by atoms with Crippen LogP contribution < -0.4 is 5.32 Å². The van der Waals surface area contributed by atoms with Crippen LogP contribution in [-0.2, 0) is 9.47 Å². The Bertz CT molecular complexity index is 368. The number of rotatable bonds is 5. The molecular weight excluding hydrogens is 238 g/mol. The maximum absolute atomic E-state index is 5.64. The summed E-state index contributed by atoms with van der Waals surface area (Å²) in [5.74, 6) is 0.158. The van der Waals surface area contributed by atoms with E-state index in [1.165, 1.54) is 5.56 Å². The fraction of sp³-hybridized carbons (Fsp3) is 0.625. The third kappa shape index (κ3) is 4.60. The van der Waals surface area contributed by atoms with Crippen molar-refractivity contribution in [2.24, 2.45) is 0 Å². The van der Waals surface area contributed by atoms with Gasteiger partial charge >= 0.3 is 0 Å². The van der Waals surface area contributed by atoms with Crippen molar-refractivity contribution in [3.05, 3.63) is 35.9 Å². The number of benzene rings is 1. The molecule has 1 aliphatic heterocycles. The van der Waals surface area contributed by atoms with Crippen LogP contribution in [0.3, 0.4) is 0 Å². The molecule has 0 aromatic heterocycles. The van der Waals surface area contributed by atoms with E-state index in [0.29, 0.717) is 12.0 Å². The number of hydrogen-bond donors (Lipinski definition) is 1. The number of ether oxygens (including phenoxy) is 2. The predicted octanol–water partition coefficient (Wildman–Crippen LogP) is 2.92. The van der Waals surface area contributed by atoms with Gasteiger partial charge in [-0.25, -0.2) is 0 Å². The summed E-state index contributed by atoms with van der Waals surface area (Å²) in [5, 5.41) is 3.51. The first kappa shape index (κ1) is 14.5. The molecule has 1 aliphatic rings. The molecule has 1 unspecified atom stereocenters. The second-order valence-electron chi connectivity index (χ2n) is 5.77. The summed E-state index contributed by atoms with van der Waals surface area (Å²) >= 11 is 0. The van der Waals surface area contributed by atoms with Crippen molar-refractivity contribution in [3.63, 3.8) is 0 Å². The molecule has 1 aromatic rings. The third-order valence-electron chi connectivity index (χ3n) is 3.64. The molecule has 1 heterocycles. The van der Waals surface area contributed by atoms with E-state index in [4.69, 9.17) is 9.47 Å². The van der Waals surface area contributed by atoms with Crippen LogP contribution in [0.5, 0.6) is 0 Å². The van der Waals surface area contributed by atoms with E-state index in [0.717, 1.165) is 26.2 Å². The first-order chi connectivity index (χ1) is 9.07. The minimum absolute atomic E-state index is 0.316. The molecule has 0 aliphatic carbocycles. The Balaban J connectivity index is 1.67. The molecular formula is C16H25NO2. The highest BCUT2D eigenvalue weighted by molar-refractivity contribution is 5.18. The Morgan fingerprint density at radius 2 is 1.84 bits per heavy atom. The molecule has 0 saturated carbocycles. The van der Waals surface area contributed by atoms with Crippen LogP contribution in [0, 0.1) is 0 Å². The largest absolute Gasteiger partial charge is 0.349 e. The molecule has 1 N–H and O–H groups in total. The van der Waals surface area contributed by atoms with Gasteiger partial charge in [0.1, 0.15) is 0 Å². The SMILES string of the molecule is CC(CCNC1COC(C)(C)OC1)c1ccccc1. The van der Waals surface area contributed by atoms with Gasteiger partial charge in [-0.3, -0.25) is 0 Å². The molecule has 3 heteroatoms. The van der Waals surface area contributed by atoms with Crippen molar-refractivity contribution in [1.82, 2.24) is 5.32 Å². The van der Waals surface area contributed by atoms with Gasteiger partial charge in [-0.15, -0.1) is 0 Å². The van der Waals surface area contributed by atoms with E-state index >= 15 is 0 Å². The maximum atomic E-state index is 5.64. The Kier molecular flexibility index (Phi) is 4.97. The van der Waals surface area contributed by atoms with Crippen molar-refractivity contribution < 1.29 is 9.47 Å². The molecule has 2 rings (SSSR count). The second kappa shape index (κ2) is 6.51. The fourth-order valence-corrected chi connectivity index (χ4v) is 2.26. The average Bonchev–Trinajstić information content (AvgIpc) is 2.41. The van der Waals surface area contributed by atoms with Gasteiger partial charge in [-0.2, -0.15) is 0 Å². The van der Waals surface area contributed by atoms with Crippen LogP contribution in [0.1, 0.15) is 38.7 Å². The molecule has 0 spiro atoms. The maximum Gasteiger partial charge on any atom is 0.162 e. The highest BCUT2D eigenvalue weighted by Gasteiger charge is 2.27. The molecule has 106 valence electrons. The second-order valence-corrected chi connectivity index (χ2v) is 5.77. The van der Waals surface area contributed by atoms with Crippen LogP contribution in [0.2, 0.25) is 0 Å². The van der Waals surface area contributed by atoms with Gasteiger partial charge in [0.2, 0.25) is 0 Å². The Labute approximate surface area is 116 Å². The molecule has 1 saturated heterocycles. The highest BCUT2D eigenvalue weighted by Crippen LogP contribution is 2.19. The zero-order chi connectivity index (χ0) is 13.7. The van der Waals surface area contributed by atoms with Crippen molar-refractivity contribution in [2.45, 2.75) is 44.9 Å². The molecule has 1 atom stereocenters. The fourth-order valence-electron chi connectivity index (χ4n) is 2.26. The summed E-state index contributed by atoms with van der Waals surface area (Å²) in [6.45, 7) is 8.64. The first-order valence-electron chi connectivity index (χ1n) is 7.13. The molecule has 0 amide bonds. The lowest BCUT2D eigenvalue weighted by Crippen LogP contribution is -2.48. The standard InChI is InChI=1S/C16H25NO2/c1-13(14-7-5-4-6-8-14)9-10-17-15-11-18-16(2,3)19-12-15/h4-8,13,15,17H,9-12H2,1-3H3. The van der Waals surface area contributed by atoms with Crippen molar-refractivity contribution >= 4 is 0 Å². The summed E-state index contributed by atoms with van der Waals surface area (Å²) in [4.78, 5) is 0. The Morgan fingerprint density at radius 3 is 2.47 bits per heavy atom. The van der Waals surface area contributed by atoms with E-state index < -0.39 is 5.79 Å². The van der Waals surface area contributed by atoms with E-state index in [-0.39, 0.29) is 0 Å². The lowest BCUT2D eigenvalue weighted by molar-refractivity contribution is -0.252. The van der Waals surface area contributed by atoms with E-state index in [9.17, 15) is 0 Å². The van der Waals surface area contributed by atoms with Gasteiger partial charge in [0.15, 0.2) is 5.79 Å². The summed E-state index contributed by atoms with van der Waals surface area (Å²) in [7, 11) is 0.